The van der Waals surface area contributed by atoms with E-state index >= 15 is 0 Å². The molecule has 0 saturated heterocycles. The molecule has 1 aromatic heterocycles. The molecule has 0 atom stereocenters. The molecule has 0 radical (unpaired) electrons. The van der Waals surface area contributed by atoms with Crippen molar-refractivity contribution >= 4 is 28.6 Å². The third-order valence-corrected chi connectivity index (χ3v) is 3.30. The van der Waals surface area contributed by atoms with E-state index in [-0.39, 0.29) is 5.91 Å². The maximum atomic E-state index is 12.2. The van der Waals surface area contributed by atoms with E-state index < -0.39 is 0 Å². The van der Waals surface area contributed by atoms with Crippen LogP contribution in [0.2, 0.25) is 0 Å². The summed E-state index contributed by atoms with van der Waals surface area (Å²) >= 11 is 1.62. The van der Waals surface area contributed by atoms with Gasteiger partial charge in [-0.1, -0.05) is 0 Å². The lowest BCUT2D eigenvalue weighted by Gasteiger charge is -2.17. The maximum absolute atomic E-state index is 12.2. The molecule has 1 amide bonds. The Morgan fingerprint density at radius 1 is 1.28 bits per heavy atom. The van der Waals surface area contributed by atoms with Crippen molar-refractivity contribution in [2.24, 2.45) is 0 Å². The highest BCUT2D eigenvalue weighted by molar-refractivity contribution is 7.07. The second-order valence-corrected chi connectivity index (χ2v) is 4.96. The number of nitrogens with two attached hydrogens (primary N) is 2. The van der Waals surface area contributed by atoms with Crippen LogP contribution in [0.1, 0.15) is 15.9 Å². The number of nitrogens with zero attached hydrogens (tertiary/aromatic N) is 1. The summed E-state index contributed by atoms with van der Waals surface area (Å²) < 4.78 is 0. The van der Waals surface area contributed by atoms with Gasteiger partial charge in [0.25, 0.3) is 5.91 Å². The van der Waals surface area contributed by atoms with Crippen LogP contribution < -0.4 is 11.5 Å². The number of benzene rings is 1. The van der Waals surface area contributed by atoms with E-state index in [2.05, 4.69) is 0 Å². The SMILES string of the molecule is CN(Cc1ccsc1)C(=O)c1cc(N)cc(N)c1. The summed E-state index contributed by atoms with van der Waals surface area (Å²) in [6, 6.07) is 6.92. The molecule has 18 heavy (non-hydrogen) atoms. The Morgan fingerprint density at radius 2 is 1.94 bits per heavy atom. The minimum absolute atomic E-state index is 0.0831. The predicted molar refractivity (Wildman–Crippen MR) is 75.4 cm³/mol. The smallest absolute Gasteiger partial charge is 0.254 e. The lowest BCUT2D eigenvalue weighted by Crippen LogP contribution is -2.26. The van der Waals surface area contributed by atoms with E-state index in [4.69, 9.17) is 11.5 Å². The standard InChI is InChI=1S/C13H15N3OS/c1-16(7-9-2-3-18-8-9)13(17)10-4-11(14)6-12(15)5-10/h2-6,8H,7,14-15H2,1H3. The van der Waals surface area contributed by atoms with Gasteiger partial charge in [-0.2, -0.15) is 11.3 Å². The van der Waals surface area contributed by atoms with Gasteiger partial charge in [-0.15, -0.1) is 0 Å². The number of carbonyl (C=O) groups excluding carboxylic acids is 1. The van der Waals surface area contributed by atoms with Gasteiger partial charge >= 0.3 is 0 Å². The Bertz CT molecular complexity index is 531. The van der Waals surface area contributed by atoms with Gasteiger partial charge < -0.3 is 16.4 Å². The molecule has 0 saturated carbocycles. The summed E-state index contributed by atoms with van der Waals surface area (Å²) in [5, 5.41) is 4.02. The van der Waals surface area contributed by atoms with E-state index in [1.807, 2.05) is 16.8 Å². The first-order chi connectivity index (χ1) is 8.56. The number of carbonyl (C=O) groups is 1. The number of hydrogen-bond donors (Lipinski definition) is 2. The molecule has 1 heterocycles. The molecule has 4 N–H and O–H groups in total. The highest BCUT2D eigenvalue weighted by Crippen LogP contribution is 2.16. The Balaban J connectivity index is 2.15. The Hall–Kier alpha value is -2.01. The van der Waals surface area contributed by atoms with E-state index in [0.717, 1.165) is 5.56 Å². The van der Waals surface area contributed by atoms with Crippen molar-refractivity contribution in [1.82, 2.24) is 4.90 Å². The highest BCUT2D eigenvalue weighted by atomic mass is 32.1. The number of anilines is 2. The van der Waals surface area contributed by atoms with E-state index in [1.54, 1.807) is 41.5 Å². The average Bonchev–Trinajstić information content (AvgIpc) is 2.79. The van der Waals surface area contributed by atoms with Crippen molar-refractivity contribution in [3.63, 3.8) is 0 Å². The molecule has 0 aliphatic carbocycles. The molecule has 94 valence electrons. The number of rotatable bonds is 3. The number of hydrogen-bond acceptors (Lipinski definition) is 4. The summed E-state index contributed by atoms with van der Waals surface area (Å²) in [5.74, 6) is -0.0831. The molecule has 0 bridgehead atoms. The van der Waals surface area contributed by atoms with Crippen molar-refractivity contribution < 1.29 is 4.79 Å². The molecule has 1 aromatic carbocycles. The molecule has 5 heteroatoms. The van der Waals surface area contributed by atoms with Crippen LogP contribution in [0.15, 0.2) is 35.0 Å². The van der Waals surface area contributed by atoms with Crippen molar-refractivity contribution in [3.05, 3.63) is 46.2 Å². The zero-order chi connectivity index (χ0) is 13.1. The van der Waals surface area contributed by atoms with Crippen LogP contribution >= 0.6 is 11.3 Å². The van der Waals surface area contributed by atoms with Crippen LogP contribution in [-0.4, -0.2) is 17.9 Å². The number of amides is 1. The van der Waals surface area contributed by atoms with Crippen LogP contribution in [0, 0.1) is 0 Å². The molecule has 0 unspecified atom stereocenters. The highest BCUT2D eigenvalue weighted by Gasteiger charge is 2.13. The minimum Gasteiger partial charge on any atom is -0.399 e. The van der Waals surface area contributed by atoms with E-state index in [0.29, 0.717) is 23.5 Å². The van der Waals surface area contributed by atoms with Gasteiger partial charge in [0, 0.05) is 30.5 Å². The number of nitrogen functional groups attached to an aromatic ring is 2. The molecule has 0 fully saturated rings. The second kappa shape index (κ2) is 5.10. The average molecular weight is 261 g/mol. The van der Waals surface area contributed by atoms with Crippen LogP contribution in [0.5, 0.6) is 0 Å². The largest absolute Gasteiger partial charge is 0.399 e. The molecule has 0 aliphatic heterocycles. The van der Waals surface area contributed by atoms with Crippen LogP contribution in [0.25, 0.3) is 0 Å². The van der Waals surface area contributed by atoms with Crippen molar-refractivity contribution in [1.29, 1.82) is 0 Å². The van der Waals surface area contributed by atoms with Crippen molar-refractivity contribution in [2.75, 3.05) is 18.5 Å². The van der Waals surface area contributed by atoms with Crippen LogP contribution in [0.4, 0.5) is 11.4 Å². The van der Waals surface area contributed by atoms with Gasteiger partial charge in [-0.05, 0) is 40.6 Å². The normalized spacial score (nSPS) is 10.3. The maximum Gasteiger partial charge on any atom is 0.254 e. The molecular weight excluding hydrogens is 246 g/mol. The third kappa shape index (κ3) is 2.81. The molecule has 0 spiro atoms. The summed E-state index contributed by atoms with van der Waals surface area (Å²) in [6.07, 6.45) is 0. The summed E-state index contributed by atoms with van der Waals surface area (Å²) in [7, 11) is 1.76. The Morgan fingerprint density at radius 3 is 2.50 bits per heavy atom. The van der Waals surface area contributed by atoms with Gasteiger partial charge in [-0.3, -0.25) is 4.79 Å². The molecule has 2 aromatic rings. The lowest BCUT2D eigenvalue weighted by molar-refractivity contribution is 0.0785. The molecule has 0 aliphatic rings. The molecule has 2 rings (SSSR count). The van der Waals surface area contributed by atoms with E-state index in [1.165, 1.54) is 0 Å². The van der Waals surface area contributed by atoms with Gasteiger partial charge in [0.15, 0.2) is 0 Å². The molecular formula is C13H15N3OS. The summed E-state index contributed by atoms with van der Waals surface area (Å²) in [4.78, 5) is 13.8. The second-order valence-electron chi connectivity index (χ2n) is 4.18. The van der Waals surface area contributed by atoms with Gasteiger partial charge in [0.2, 0.25) is 0 Å². The zero-order valence-corrected chi connectivity index (χ0v) is 10.9. The first-order valence-corrected chi connectivity index (χ1v) is 6.43. The minimum atomic E-state index is -0.0831. The van der Waals surface area contributed by atoms with Gasteiger partial charge in [0.1, 0.15) is 0 Å². The quantitative estimate of drug-likeness (QED) is 0.832. The topological polar surface area (TPSA) is 72.3 Å². The monoisotopic (exact) mass is 261 g/mol. The van der Waals surface area contributed by atoms with Gasteiger partial charge in [-0.25, -0.2) is 0 Å². The first kappa shape index (κ1) is 12.4. The first-order valence-electron chi connectivity index (χ1n) is 5.49. The Labute approximate surface area is 110 Å². The fraction of sp³-hybridized carbons (Fsp3) is 0.154. The zero-order valence-electron chi connectivity index (χ0n) is 10.1. The lowest BCUT2D eigenvalue weighted by atomic mass is 10.1. The fourth-order valence-corrected chi connectivity index (χ4v) is 2.41. The third-order valence-electron chi connectivity index (χ3n) is 2.57. The van der Waals surface area contributed by atoms with Crippen LogP contribution in [0.3, 0.4) is 0 Å². The van der Waals surface area contributed by atoms with Crippen molar-refractivity contribution in [3.8, 4) is 0 Å². The fourth-order valence-electron chi connectivity index (χ4n) is 1.75. The van der Waals surface area contributed by atoms with E-state index in [9.17, 15) is 4.79 Å². The summed E-state index contributed by atoms with van der Waals surface area (Å²) in [5.41, 5.74) is 14.0. The Kier molecular flexibility index (Phi) is 3.53. The number of thiophene rings is 1. The predicted octanol–water partition coefficient (Wildman–Crippen LogP) is 2.18. The summed E-state index contributed by atoms with van der Waals surface area (Å²) in [6.45, 7) is 0.580. The van der Waals surface area contributed by atoms with Gasteiger partial charge in [0.05, 0.1) is 0 Å². The van der Waals surface area contributed by atoms with Crippen LogP contribution in [-0.2, 0) is 6.54 Å². The molecule has 4 nitrogen and oxygen atoms in total. The van der Waals surface area contributed by atoms with Crippen molar-refractivity contribution in [2.45, 2.75) is 6.54 Å².